The fraction of sp³-hybridized carbons (Fsp3) is 0.700. The zero-order valence-electron chi connectivity index (χ0n) is 9.09. The lowest BCUT2D eigenvalue weighted by atomic mass is 10.3. The molecule has 1 N–H and O–H groups in total. The Labute approximate surface area is 89.5 Å². The minimum atomic E-state index is 0.755. The Morgan fingerprint density at radius 1 is 1.50 bits per heavy atom. The molecular formula is C10H18N2OS. The van der Waals surface area contributed by atoms with Gasteiger partial charge in [-0.3, -0.25) is 0 Å². The van der Waals surface area contributed by atoms with E-state index < -0.39 is 0 Å². The highest BCUT2D eigenvalue weighted by Gasteiger charge is 2.04. The quantitative estimate of drug-likeness (QED) is 0.733. The maximum absolute atomic E-state index is 4.95. The summed E-state index contributed by atoms with van der Waals surface area (Å²) < 4.78 is 4.95. The summed E-state index contributed by atoms with van der Waals surface area (Å²) in [5, 5.41) is 4.47. The van der Waals surface area contributed by atoms with Gasteiger partial charge in [0.25, 0.3) is 0 Å². The first-order chi connectivity index (χ1) is 6.77. The van der Waals surface area contributed by atoms with Gasteiger partial charge in [-0.2, -0.15) is 0 Å². The molecule has 1 aromatic heterocycles. The number of hydrogen-bond acceptors (Lipinski definition) is 4. The van der Waals surface area contributed by atoms with Crippen LogP contribution in [0.3, 0.4) is 0 Å². The summed E-state index contributed by atoms with van der Waals surface area (Å²) in [7, 11) is 1.71. The molecule has 0 aromatic carbocycles. The van der Waals surface area contributed by atoms with Gasteiger partial charge in [0.05, 0.1) is 12.3 Å². The van der Waals surface area contributed by atoms with Crippen molar-refractivity contribution in [2.45, 2.75) is 26.8 Å². The second-order valence-corrected chi connectivity index (χ2v) is 4.42. The van der Waals surface area contributed by atoms with Gasteiger partial charge in [0, 0.05) is 25.1 Å². The van der Waals surface area contributed by atoms with Gasteiger partial charge in [0.15, 0.2) is 0 Å². The minimum Gasteiger partial charge on any atom is -0.383 e. The van der Waals surface area contributed by atoms with Gasteiger partial charge >= 0.3 is 0 Å². The highest BCUT2D eigenvalue weighted by atomic mass is 32.1. The van der Waals surface area contributed by atoms with Crippen molar-refractivity contribution < 1.29 is 4.74 Å². The maximum Gasteiger partial charge on any atom is 0.107 e. The van der Waals surface area contributed by atoms with Crippen molar-refractivity contribution in [1.82, 2.24) is 10.3 Å². The maximum atomic E-state index is 4.95. The van der Waals surface area contributed by atoms with Gasteiger partial charge in [-0.1, -0.05) is 6.92 Å². The Hall–Kier alpha value is -0.450. The molecular weight excluding hydrogens is 196 g/mol. The van der Waals surface area contributed by atoms with Crippen LogP contribution in [0, 0.1) is 6.92 Å². The topological polar surface area (TPSA) is 34.2 Å². The summed E-state index contributed by atoms with van der Waals surface area (Å²) in [4.78, 5) is 5.88. The molecule has 14 heavy (non-hydrogen) atoms. The fourth-order valence-corrected chi connectivity index (χ4v) is 2.25. The van der Waals surface area contributed by atoms with E-state index in [-0.39, 0.29) is 0 Å². The van der Waals surface area contributed by atoms with Crippen molar-refractivity contribution in [2.75, 3.05) is 20.3 Å². The summed E-state index contributed by atoms with van der Waals surface area (Å²) in [5.74, 6) is 0. The second kappa shape index (κ2) is 6.11. The number of nitrogens with one attached hydrogen (secondary N) is 1. The molecule has 1 heterocycles. The molecule has 0 fully saturated rings. The minimum absolute atomic E-state index is 0.755. The molecule has 0 amide bonds. The van der Waals surface area contributed by atoms with Gasteiger partial charge < -0.3 is 10.1 Å². The molecule has 1 aromatic rings. The van der Waals surface area contributed by atoms with Crippen LogP contribution in [0.15, 0.2) is 0 Å². The Morgan fingerprint density at radius 3 is 2.86 bits per heavy atom. The Morgan fingerprint density at radius 2 is 2.29 bits per heavy atom. The first-order valence-electron chi connectivity index (χ1n) is 4.92. The van der Waals surface area contributed by atoms with Crippen LogP contribution in [-0.2, 0) is 17.7 Å². The molecule has 4 heteroatoms. The SMILES string of the molecule is CCc1nc(CNCCOC)sc1C. The van der Waals surface area contributed by atoms with E-state index in [1.54, 1.807) is 18.4 Å². The molecule has 0 saturated heterocycles. The molecule has 1 rings (SSSR count). The third kappa shape index (κ3) is 3.36. The molecule has 0 spiro atoms. The number of ether oxygens (including phenoxy) is 1. The monoisotopic (exact) mass is 214 g/mol. The van der Waals surface area contributed by atoms with E-state index >= 15 is 0 Å². The molecule has 80 valence electrons. The number of rotatable bonds is 6. The summed E-state index contributed by atoms with van der Waals surface area (Å²) in [6, 6.07) is 0. The smallest absolute Gasteiger partial charge is 0.107 e. The lowest BCUT2D eigenvalue weighted by Crippen LogP contribution is -2.18. The Kier molecular flexibility index (Phi) is 5.07. The zero-order valence-corrected chi connectivity index (χ0v) is 9.91. The highest BCUT2D eigenvalue weighted by molar-refractivity contribution is 7.11. The third-order valence-corrected chi connectivity index (χ3v) is 3.04. The molecule has 0 aliphatic heterocycles. The number of methoxy groups -OCH3 is 1. The number of nitrogens with zero attached hydrogens (tertiary/aromatic N) is 1. The van der Waals surface area contributed by atoms with Gasteiger partial charge in [-0.25, -0.2) is 4.98 Å². The number of hydrogen-bond donors (Lipinski definition) is 1. The van der Waals surface area contributed by atoms with Crippen LogP contribution in [0.5, 0.6) is 0 Å². The van der Waals surface area contributed by atoms with Crippen LogP contribution < -0.4 is 5.32 Å². The second-order valence-electron chi connectivity index (χ2n) is 3.13. The molecule has 0 aliphatic rings. The zero-order chi connectivity index (χ0) is 10.4. The van der Waals surface area contributed by atoms with Gasteiger partial charge in [0.2, 0.25) is 0 Å². The van der Waals surface area contributed by atoms with Crippen molar-refractivity contribution in [1.29, 1.82) is 0 Å². The molecule has 0 radical (unpaired) electrons. The van der Waals surface area contributed by atoms with Crippen LogP contribution in [0.25, 0.3) is 0 Å². The number of aryl methyl sites for hydroxylation is 2. The fourth-order valence-electron chi connectivity index (χ4n) is 1.26. The summed E-state index contributed by atoms with van der Waals surface area (Å²) >= 11 is 1.78. The first kappa shape index (κ1) is 11.6. The first-order valence-corrected chi connectivity index (χ1v) is 5.74. The van der Waals surface area contributed by atoms with Crippen molar-refractivity contribution in [3.05, 3.63) is 15.6 Å². The predicted molar refractivity (Wildman–Crippen MR) is 59.8 cm³/mol. The van der Waals surface area contributed by atoms with E-state index in [1.165, 1.54) is 15.6 Å². The summed E-state index contributed by atoms with van der Waals surface area (Å²) in [6.45, 7) is 6.77. The van der Waals surface area contributed by atoms with E-state index in [0.29, 0.717) is 0 Å². The Balaban J connectivity index is 2.35. The number of aromatic nitrogens is 1. The standard InChI is InChI=1S/C10H18N2OS/c1-4-9-8(2)14-10(12-9)7-11-5-6-13-3/h11H,4-7H2,1-3H3. The largest absolute Gasteiger partial charge is 0.383 e. The van der Waals surface area contributed by atoms with Crippen LogP contribution in [0.2, 0.25) is 0 Å². The lowest BCUT2D eigenvalue weighted by molar-refractivity contribution is 0.199. The van der Waals surface area contributed by atoms with E-state index in [2.05, 4.69) is 24.1 Å². The Bertz CT molecular complexity index is 273. The summed E-state index contributed by atoms with van der Waals surface area (Å²) in [6.07, 6.45) is 1.03. The van der Waals surface area contributed by atoms with Gasteiger partial charge in [-0.05, 0) is 13.3 Å². The van der Waals surface area contributed by atoms with E-state index in [1.807, 2.05) is 0 Å². The van der Waals surface area contributed by atoms with Crippen LogP contribution in [0.4, 0.5) is 0 Å². The molecule has 0 saturated carbocycles. The molecule has 0 unspecified atom stereocenters. The predicted octanol–water partition coefficient (Wildman–Crippen LogP) is 1.75. The average Bonchev–Trinajstić information content (AvgIpc) is 2.54. The average molecular weight is 214 g/mol. The lowest BCUT2D eigenvalue weighted by Gasteiger charge is -1.99. The van der Waals surface area contributed by atoms with Gasteiger partial charge in [-0.15, -0.1) is 11.3 Å². The highest BCUT2D eigenvalue weighted by Crippen LogP contribution is 2.17. The van der Waals surface area contributed by atoms with Crippen molar-refractivity contribution in [2.24, 2.45) is 0 Å². The van der Waals surface area contributed by atoms with Crippen LogP contribution in [-0.4, -0.2) is 25.2 Å². The molecule has 0 atom stereocenters. The summed E-state index contributed by atoms with van der Waals surface area (Å²) in [5.41, 5.74) is 1.23. The van der Waals surface area contributed by atoms with E-state index in [9.17, 15) is 0 Å². The van der Waals surface area contributed by atoms with Gasteiger partial charge in [0.1, 0.15) is 5.01 Å². The molecule has 3 nitrogen and oxygen atoms in total. The molecule has 0 aliphatic carbocycles. The van der Waals surface area contributed by atoms with E-state index in [0.717, 1.165) is 26.1 Å². The van der Waals surface area contributed by atoms with Crippen molar-refractivity contribution >= 4 is 11.3 Å². The van der Waals surface area contributed by atoms with Crippen LogP contribution >= 0.6 is 11.3 Å². The normalized spacial score (nSPS) is 10.8. The van der Waals surface area contributed by atoms with Crippen molar-refractivity contribution in [3.8, 4) is 0 Å². The van der Waals surface area contributed by atoms with E-state index in [4.69, 9.17) is 4.74 Å². The van der Waals surface area contributed by atoms with Crippen LogP contribution in [0.1, 0.15) is 22.5 Å². The number of thiazole rings is 1. The molecule has 0 bridgehead atoms. The third-order valence-electron chi connectivity index (χ3n) is 2.03. The van der Waals surface area contributed by atoms with Crippen molar-refractivity contribution in [3.63, 3.8) is 0 Å².